The molecule has 6 nitrogen and oxygen atoms in total. The summed E-state index contributed by atoms with van der Waals surface area (Å²) in [5.41, 5.74) is 1.37. The number of carbonyl (C=O) groups excluding carboxylic acids is 2. The predicted molar refractivity (Wildman–Crippen MR) is 115 cm³/mol. The van der Waals surface area contributed by atoms with Crippen molar-refractivity contribution in [2.45, 2.75) is 65.2 Å². The highest BCUT2D eigenvalue weighted by atomic mass is 16.3. The highest BCUT2D eigenvalue weighted by Gasteiger charge is 2.13. The summed E-state index contributed by atoms with van der Waals surface area (Å²) in [4.78, 5) is 24.4. The number of Topliss-reactive ketones (excluding diaryl/α,β-unsaturated/α-hetero) is 2. The molecule has 0 aliphatic rings. The van der Waals surface area contributed by atoms with Gasteiger partial charge < -0.3 is 20.4 Å². The lowest BCUT2D eigenvalue weighted by atomic mass is 10.00. The van der Waals surface area contributed by atoms with Gasteiger partial charge in [0.15, 0.2) is 11.6 Å². The average Bonchev–Trinajstić information content (AvgIpc) is 2.70. The SMILES string of the molecule is Cc1c(O)cc(C(=O)CCCCCCCCC(=O)c2cc(O)c(C)c(O)c2)cc1O. The van der Waals surface area contributed by atoms with Crippen molar-refractivity contribution in [2.75, 3.05) is 0 Å². The number of rotatable bonds is 11. The largest absolute Gasteiger partial charge is 0.508 e. The molecule has 0 amide bonds. The zero-order valence-corrected chi connectivity index (χ0v) is 17.6. The summed E-state index contributed by atoms with van der Waals surface area (Å²) < 4.78 is 0. The molecule has 0 aromatic heterocycles. The Morgan fingerprint density at radius 3 is 1.13 bits per heavy atom. The molecule has 4 N–H and O–H groups in total. The molecule has 30 heavy (non-hydrogen) atoms. The summed E-state index contributed by atoms with van der Waals surface area (Å²) in [6, 6.07) is 5.56. The summed E-state index contributed by atoms with van der Waals surface area (Å²) in [6.45, 7) is 3.17. The molecule has 0 fully saturated rings. The van der Waals surface area contributed by atoms with Gasteiger partial charge in [0.25, 0.3) is 0 Å². The second-order valence-corrected chi connectivity index (χ2v) is 7.75. The van der Waals surface area contributed by atoms with Crippen molar-refractivity contribution < 1.29 is 30.0 Å². The molecule has 0 saturated heterocycles. The fourth-order valence-corrected chi connectivity index (χ4v) is 3.26. The van der Waals surface area contributed by atoms with Gasteiger partial charge in [-0.3, -0.25) is 9.59 Å². The number of carbonyl (C=O) groups is 2. The number of ketones is 2. The number of hydrogen-bond donors (Lipinski definition) is 4. The maximum absolute atomic E-state index is 12.2. The van der Waals surface area contributed by atoms with Crippen molar-refractivity contribution in [1.82, 2.24) is 0 Å². The number of phenolic OH excluding ortho intramolecular Hbond substituents is 4. The Balaban J connectivity index is 1.62. The van der Waals surface area contributed by atoms with Crippen LogP contribution in [0, 0.1) is 13.8 Å². The molecule has 6 heteroatoms. The third-order valence-electron chi connectivity index (χ3n) is 5.41. The van der Waals surface area contributed by atoms with Crippen molar-refractivity contribution >= 4 is 11.6 Å². The maximum atomic E-state index is 12.2. The average molecular weight is 414 g/mol. The molecule has 0 heterocycles. The van der Waals surface area contributed by atoms with Crippen LogP contribution in [0.2, 0.25) is 0 Å². The van der Waals surface area contributed by atoms with E-state index in [1.54, 1.807) is 13.8 Å². The quantitative estimate of drug-likeness (QED) is 0.292. The third kappa shape index (κ3) is 6.24. The molecule has 0 aliphatic heterocycles. The van der Waals surface area contributed by atoms with Gasteiger partial charge in [-0.05, 0) is 51.0 Å². The van der Waals surface area contributed by atoms with Gasteiger partial charge in [-0.2, -0.15) is 0 Å². The van der Waals surface area contributed by atoms with Gasteiger partial charge in [-0.15, -0.1) is 0 Å². The summed E-state index contributed by atoms with van der Waals surface area (Å²) in [5, 5.41) is 38.8. The maximum Gasteiger partial charge on any atom is 0.163 e. The van der Waals surface area contributed by atoms with Crippen LogP contribution in [0.5, 0.6) is 23.0 Å². The molecular formula is C24H30O6. The molecule has 0 saturated carbocycles. The molecule has 0 radical (unpaired) electrons. The van der Waals surface area contributed by atoms with Crippen molar-refractivity contribution in [3.63, 3.8) is 0 Å². The van der Waals surface area contributed by atoms with Gasteiger partial charge in [0.05, 0.1) is 0 Å². The second-order valence-electron chi connectivity index (χ2n) is 7.75. The summed E-state index contributed by atoms with van der Waals surface area (Å²) in [5.74, 6) is -0.521. The number of aromatic hydroxyl groups is 4. The van der Waals surface area contributed by atoms with Crippen LogP contribution in [0.1, 0.15) is 83.2 Å². The molecule has 0 atom stereocenters. The number of phenols is 4. The van der Waals surface area contributed by atoms with Crippen LogP contribution in [-0.4, -0.2) is 32.0 Å². The van der Waals surface area contributed by atoms with Crippen LogP contribution in [0.25, 0.3) is 0 Å². The molecule has 0 spiro atoms. The van der Waals surface area contributed by atoms with Gasteiger partial charge >= 0.3 is 0 Å². The van der Waals surface area contributed by atoms with Crippen LogP contribution < -0.4 is 0 Å². The zero-order chi connectivity index (χ0) is 22.3. The smallest absolute Gasteiger partial charge is 0.163 e. The first-order valence-corrected chi connectivity index (χ1v) is 10.3. The third-order valence-corrected chi connectivity index (χ3v) is 5.41. The Bertz CT molecular complexity index is 794. The van der Waals surface area contributed by atoms with Crippen molar-refractivity contribution in [1.29, 1.82) is 0 Å². The highest BCUT2D eigenvalue weighted by molar-refractivity contribution is 5.97. The van der Waals surface area contributed by atoms with Crippen molar-refractivity contribution in [3.8, 4) is 23.0 Å². The van der Waals surface area contributed by atoms with E-state index in [1.807, 2.05) is 0 Å². The van der Waals surface area contributed by atoms with E-state index in [9.17, 15) is 30.0 Å². The minimum absolute atomic E-state index is 0.0797. The highest BCUT2D eigenvalue weighted by Crippen LogP contribution is 2.29. The van der Waals surface area contributed by atoms with Crippen molar-refractivity contribution in [3.05, 3.63) is 46.5 Å². The van der Waals surface area contributed by atoms with E-state index in [-0.39, 0.29) is 34.6 Å². The normalized spacial score (nSPS) is 10.9. The number of hydrogen-bond acceptors (Lipinski definition) is 6. The predicted octanol–water partition coefficient (Wildman–Crippen LogP) is 5.31. The Hall–Kier alpha value is -3.02. The monoisotopic (exact) mass is 414 g/mol. The molecule has 2 aromatic rings. The molecule has 2 aromatic carbocycles. The topological polar surface area (TPSA) is 115 Å². The fraction of sp³-hybridized carbons (Fsp3) is 0.417. The lowest BCUT2D eigenvalue weighted by Gasteiger charge is -2.07. The van der Waals surface area contributed by atoms with E-state index >= 15 is 0 Å². The lowest BCUT2D eigenvalue weighted by molar-refractivity contribution is 0.0969. The fourth-order valence-electron chi connectivity index (χ4n) is 3.26. The molecule has 162 valence electrons. The number of unbranched alkanes of at least 4 members (excludes halogenated alkanes) is 5. The number of benzene rings is 2. The van der Waals surface area contributed by atoms with E-state index < -0.39 is 0 Å². The second kappa shape index (κ2) is 10.7. The van der Waals surface area contributed by atoms with Crippen LogP contribution in [0.15, 0.2) is 24.3 Å². The first kappa shape index (κ1) is 23.3. The Kier molecular flexibility index (Phi) is 8.27. The summed E-state index contributed by atoms with van der Waals surface area (Å²) >= 11 is 0. The molecule has 2 rings (SSSR count). The van der Waals surface area contributed by atoms with E-state index in [0.29, 0.717) is 35.1 Å². The van der Waals surface area contributed by atoms with Crippen molar-refractivity contribution in [2.24, 2.45) is 0 Å². The van der Waals surface area contributed by atoms with E-state index in [4.69, 9.17) is 0 Å². The standard InChI is InChI=1S/C24H30O6/c1-15-21(27)11-17(12-22(15)28)19(25)9-7-5-3-4-6-8-10-20(26)18-13-23(29)16(2)24(30)14-18/h11-14,27-30H,3-10H2,1-2H3. The van der Waals surface area contributed by atoms with E-state index in [2.05, 4.69) is 0 Å². The first-order valence-electron chi connectivity index (χ1n) is 10.3. The molecule has 0 aliphatic carbocycles. The van der Waals surface area contributed by atoms with E-state index in [0.717, 1.165) is 38.5 Å². The van der Waals surface area contributed by atoms with Gasteiger partial charge in [0, 0.05) is 35.1 Å². The molecule has 0 unspecified atom stereocenters. The van der Waals surface area contributed by atoms with Crippen LogP contribution in [-0.2, 0) is 0 Å². The van der Waals surface area contributed by atoms with Crippen LogP contribution in [0.3, 0.4) is 0 Å². The van der Waals surface area contributed by atoms with Gasteiger partial charge in [-0.25, -0.2) is 0 Å². The van der Waals surface area contributed by atoms with Gasteiger partial charge in [0.2, 0.25) is 0 Å². The van der Waals surface area contributed by atoms with Gasteiger partial charge in [-0.1, -0.05) is 25.7 Å². The van der Waals surface area contributed by atoms with Crippen LogP contribution >= 0.6 is 0 Å². The van der Waals surface area contributed by atoms with Gasteiger partial charge in [0.1, 0.15) is 23.0 Å². The van der Waals surface area contributed by atoms with Crippen LogP contribution in [0.4, 0.5) is 0 Å². The minimum Gasteiger partial charge on any atom is -0.508 e. The summed E-state index contributed by atoms with van der Waals surface area (Å²) in [7, 11) is 0. The minimum atomic E-state index is -0.101. The summed E-state index contributed by atoms with van der Waals surface area (Å²) in [6.07, 6.45) is 5.88. The Morgan fingerprint density at radius 2 is 0.833 bits per heavy atom. The first-order chi connectivity index (χ1) is 14.2. The molecule has 0 bridgehead atoms. The lowest BCUT2D eigenvalue weighted by Crippen LogP contribution is -2.00. The Labute approximate surface area is 176 Å². The van der Waals surface area contributed by atoms with E-state index in [1.165, 1.54) is 24.3 Å². The zero-order valence-electron chi connectivity index (χ0n) is 17.6. The Morgan fingerprint density at radius 1 is 0.567 bits per heavy atom. The molecular weight excluding hydrogens is 384 g/mol.